The lowest BCUT2D eigenvalue weighted by atomic mass is 10.0. The smallest absolute Gasteiger partial charge is 0.261 e. The van der Waals surface area contributed by atoms with Gasteiger partial charge in [-0.1, -0.05) is 87.2 Å². The summed E-state index contributed by atoms with van der Waals surface area (Å²) in [7, 11) is 0. The van der Waals surface area contributed by atoms with Crippen molar-refractivity contribution in [3.63, 3.8) is 0 Å². The second-order valence-corrected chi connectivity index (χ2v) is 11.7. The van der Waals surface area contributed by atoms with Crippen LogP contribution in [-0.2, 0) is 22.6 Å². The maximum atomic E-state index is 13.8. The van der Waals surface area contributed by atoms with E-state index in [0.717, 1.165) is 56.9 Å². The normalized spacial score (nSPS) is 14.2. The molecule has 0 saturated heterocycles. The van der Waals surface area contributed by atoms with Gasteiger partial charge in [0.15, 0.2) is 6.61 Å². The first-order valence-corrected chi connectivity index (χ1v) is 14.7. The van der Waals surface area contributed by atoms with Crippen LogP contribution in [0.5, 0.6) is 5.75 Å². The van der Waals surface area contributed by atoms with Crippen molar-refractivity contribution < 1.29 is 14.3 Å². The number of carbonyl (C=O) groups is 2. The van der Waals surface area contributed by atoms with Crippen LogP contribution in [-0.4, -0.2) is 35.4 Å². The predicted octanol–water partition coefficient (Wildman–Crippen LogP) is 6.91. The van der Waals surface area contributed by atoms with Crippen LogP contribution in [0.15, 0.2) is 75.7 Å². The molecule has 3 aromatic carbocycles. The molecule has 0 unspecified atom stereocenters. The topological polar surface area (TPSA) is 58.6 Å². The molecule has 1 aliphatic rings. The Morgan fingerprint density at radius 1 is 0.947 bits per heavy atom. The van der Waals surface area contributed by atoms with Crippen molar-refractivity contribution in [1.29, 1.82) is 0 Å². The lowest BCUT2D eigenvalue weighted by Crippen LogP contribution is -2.53. The molecule has 0 aliphatic heterocycles. The molecule has 0 radical (unpaired) electrons. The molecule has 0 heterocycles. The highest BCUT2D eigenvalue weighted by Gasteiger charge is 2.32. The quantitative estimate of drug-likeness (QED) is 0.262. The van der Waals surface area contributed by atoms with Crippen LogP contribution in [0, 0.1) is 13.8 Å². The number of rotatable bonds is 10. The fraction of sp³-hybridized carbons (Fsp3) is 0.355. The van der Waals surface area contributed by atoms with Gasteiger partial charge in [-0.2, -0.15) is 0 Å². The van der Waals surface area contributed by atoms with Gasteiger partial charge in [-0.25, -0.2) is 0 Å². The summed E-state index contributed by atoms with van der Waals surface area (Å²) in [5, 5.41) is 3.24. The summed E-state index contributed by atoms with van der Waals surface area (Å²) in [6, 6.07) is 21.1. The maximum Gasteiger partial charge on any atom is 0.261 e. The zero-order valence-corrected chi connectivity index (χ0v) is 25.1. The molecule has 1 saturated carbocycles. The number of hydrogen-bond acceptors (Lipinski definition) is 3. The van der Waals surface area contributed by atoms with E-state index in [1.165, 1.54) is 0 Å². The Kier molecular flexibility index (Phi) is 10.0. The molecule has 3 aromatic rings. The number of nitrogens with one attached hydrogen (secondary N) is 1. The van der Waals surface area contributed by atoms with Crippen molar-refractivity contribution in [2.24, 2.45) is 0 Å². The first-order valence-electron chi connectivity index (χ1n) is 13.1. The van der Waals surface area contributed by atoms with E-state index in [0.29, 0.717) is 18.7 Å². The van der Waals surface area contributed by atoms with Gasteiger partial charge in [-0.3, -0.25) is 9.59 Å². The van der Waals surface area contributed by atoms with E-state index in [2.05, 4.69) is 37.2 Å². The summed E-state index contributed by atoms with van der Waals surface area (Å²) in [6.45, 7) is 4.15. The van der Waals surface area contributed by atoms with E-state index in [-0.39, 0.29) is 24.5 Å². The fourth-order valence-corrected chi connectivity index (χ4v) is 5.42. The molecule has 1 N–H and O–H groups in total. The first kappa shape index (κ1) is 28.4. The summed E-state index contributed by atoms with van der Waals surface area (Å²) in [5.41, 5.74) is 4.03. The minimum Gasteiger partial charge on any atom is -0.484 e. The summed E-state index contributed by atoms with van der Waals surface area (Å²) in [5.74, 6) is 0.297. The molecule has 5 nitrogen and oxygen atoms in total. The van der Waals surface area contributed by atoms with Crippen molar-refractivity contribution in [3.8, 4) is 5.75 Å². The zero-order valence-electron chi connectivity index (χ0n) is 21.9. The number of ether oxygens (including phenoxy) is 1. The van der Waals surface area contributed by atoms with Crippen LogP contribution in [0.3, 0.4) is 0 Å². The molecular weight excluding hydrogens is 608 g/mol. The van der Waals surface area contributed by atoms with Gasteiger partial charge < -0.3 is 15.0 Å². The highest BCUT2D eigenvalue weighted by molar-refractivity contribution is 9.10. The second-order valence-electron chi connectivity index (χ2n) is 10.0. The van der Waals surface area contributed by atoms with Crippen molar-refractivity contribution in [2.45, 2.75) is 64.6 Å². The van der Waals surface area contributed by atoms with E-state index < -0.39 is 6.04 Å². The van der Waals surface area contributed by atoms with Crippen molar-refractivity contribution in [2.75, 3.05) is 6.61 Å². The van der Waals surface area contributed by atoms with Crippen LogP contribution >= 0.6 is 31.9 Å². The van der Waals surface area contributed by atoms with E-state index in [1.54, 1.807) is 4.90 Å². The van der Waals surface area contributed by atoms with Gasteiger partial charge in [0.2, 0.25) is 5.91 Å². The maximum absolute atomic E-state index is 13.8. The van der Waals surface area contributed by atoms with E-state index >= 15 is 0 Å². The summed E-state index contributed by atoms with van der Waals surface area (Å²) >= 11 is 7.07. The summed E-state index contributed by atoms with van der Waals surface area (Å²) < 4.78 is 7.97. The molecule has 0 spiro atoms. The van der Waals surface area contributed by atoms with Gasteiger partial charge in [0, 0.05) is 28.0 Å². The minimum atomic E-state index is -0.661. The summed E-state index contributed by atoms with van der Waals surface area (Å²) in [4.78, 5) is 29.2. The molecule has 1 fully saturated rings. The van der Waals surface area contributed by atoms with Gasteiger partial charge in [0.05, 0.1) is 0 Å². The van der Waals surface area contributed by atoms with E-state index in [1.807, 2.05) is 80.6 Å². The van der Waals surface area contributed by atoms with E-state index in [9.17, 15) is 9.59 Å². The fourth-order valence-electron chi connectivity index (χ4n) is 4.93. The SMILES string of the molecule is Cc1cc(OCC(=O)N(Cc2ccc(Br)cc2)[C@@H](Cc2ccccc2)C(=O)NC2CCCC2)cc(C)c1Br. The van der Waals surface area contributed by atoms with Gasteiger partial charge in [-0.15, -0.1) is 0 Å². The summed E-state index contributed by atoms with van der Waals surface area (Å²) in [6.07, 6.45) is 4.63. The highest BCUT2D eigenvalue weighted by Crippen LogP contribution is 2.27. The second kappa shape index (κ2) is 13.4. The van der Waals surface area contributed by atoms with Crippen LogP contribution in [0.25, 0.3) is 0 Å². The molecule has 1 aliphatic carbocycles. The third-order valence-electron chi connectivity index (χ3n) is 7.01. The number of amides is 2. The van der Waals surface area contributed by atoms with Gasteiger partial charge in [-0.05, 0) is 73.2 Å². The van der Waals surface area contributed by atoms with Gasteiger partial charge >= 0.3 is 0 Å². The number of aryl methyl sites for hydroxylation is 2. The number of benzene rings is 3. The van der Waals surface area contributed by atoms with Gasteiger partial charge in [0.25, 0.3) is 5.91 Å². The van der Waals surface area contributed by atoms with Crippen molar-refractivity contribution in [3.05, 3.63) is 97.9 Å². The molecule has 38 heavy (non-hydrogen) atoms. The molecule has 0 bridgehead atoms. The average molecular weight is 642 g/mol. The lowest BCUT2D eigenvalue weighted by molar-refractivity contribution is -0.143. The monoisotopic (exact) mass is 640 g/mol. The minimum absolute atomic E-state index is 0.110. The molecule has 4 rings (SSSR count). The number of halogens is 2. The van der Waals surface area contributed by atoms with Crippen LogP contribution in [0.1, 0.15) is 47.9 Å². The number of nitrogens with zero attached hydrogens (tertiary/aromatic N) is 1. The van der Waals surface area contributed by atoms with Crippen LogP contribution in [0.2, 0.25) is 0 Å². The van der Waals surface area contributed by atoms with Crippen LogP contribution < -0.4 is 10.1 Å². The largest absolute Gasteiger partial charge is 0.484 e. The Morgan fingerprint density at radius 3 is 2.21 bits per heavy atom. The highest BCUT2D eigenvalue weighted by atomic mass is 79.9. The average Bonchev–Trinajstić information content (AvgIpc) is 3.42. The number of carbonyl (C=O) groups excluding carboxylic acids is 2. The Morgan fingerprint density at radius 2 is 1.58 bits per heavy atom. The molecule has 200 valence electrons. The molecule has 1 atom stereocenters. The first-order chi connectivity index (χ1) is 18.3. The Hall–Kier alpha value is -2.64. The Bertz CT molecular complexity index is 1220. The standard InChI is InChI=1S/C31H34Br2N2O3/c1-21-16-27(17-22(2)30(21)33)38-20-29(36)35(19-24-12-14-25(32)15-13-24)28(18-23-8-4-3-5-9-23)31(37)34-26-10-6-7-11-26/h3-5,8-9,12-17,26,28H,6-7,10-11,18-20H2,1-2H3,(H,34,37)/t28-/m0/s1. The molecule has 0 aromatic heterocycles. The molecule has 2 amide bonds. The number of hydrogen-bond donors (Lipinski definition) is 1. The molecule has 7 heteroatoms. The van der Waals surface area contributed by atoms with Gasteiger partial charge in [0.1, 0.15) is 11.8 Å². The Balaban J connectivity index is 1.61. The van der Waals surface area contributed by atoms with Crippen LogP contribution in [0.4, 0.5) is 0 Å². The third kappa shape index (κ3) is 7.70. The molecular formula is C31H34Br2N2O3. The van der Waals surface area contributed by atoms with Crippen molar-refractivity contribution in [1.82, 2.24) is 10.2 Å². The van der Waals surface area contributed by atoms with Crippen molar-refractivity contribution >= 4 is 43.7 Å². The van der Waals surface area contributed by atoms with E-state index in [4.69, 9.17) is 4.74 Å². The Labute approximate surface area is 242 Å². The third-order valence-corrected chi connectivity index (χ3v) is 8.79. The zero-order chi connectivity index (χ0) is 27.1. The predicted molar refractivity (Wildman–Crippen MR) is 158 cm³/mol. The lowest BCUT2D eigenvalue weighted by Gasteiger charge is -2.32.